The van der Waals surface area contributed by atoms with Crippen LogP contribution in [-0.4, -0.2) is 50.8 Å². The molecule has 164 valence electrons. The van der Waals surface area contributed by atoms with Crippen LogP contribution in [0.3, 0.4) is 0 Å². The summed E-state index contributed by atoms with van der Waals surface area (Å²) in [7, 11) is -2.63. The molecule has 0 amide bonds. The topological polar surface area (TPSA) is 138 Å². The van der Waals surface area contributed by atoms with Crippen LogP contribution in [0, 0.1) is 0 Å². The van der Waals surface area contributed by atoms with Gasteiger partial charge in [0.05, 0.1) is 0 Å². The molecule has 3 heterocycles. The first-order chi connectivity index (χ1) is 14.3. The van der Waals surface area contributed by atoms with Gasteiger partial charge in [0.2, 0.25) is 0 Å². The van der Waals surface area contributed by atoms with E-state index in [0.717, 1.165) is 16.3 Å². The van der Waals surface area contributed by atoms with Crippen LogP contribution in [0.4, 0.5) is 10.2 Å². The molecule has 4 rings (SSSR count). The third-order valence-corrected chi connectivity index (χ3v) is 7.80. The van der Waals surface area contributed by atoms with E-state index in [1.165, 1.54) is 19.4 Å². The quantitative estimate of drug-likeness (QED) is 0.556. The van der Waals surface area contributed by atoms with Crippen molar-refractivity contribution in [3.8, 4) is 11.5 Å². The first-order valence-electron chi connectivity index (χ1n) is 8.99. The molecule has 4 atom stereocenters. The zero-order valence-corrected chi connectivity index (χ0v) is 17.6. The van der Waals surface area contributed by atoms with Crippen LogP contribution in [0.25, 0.3) is 0 Å². The number of rotatable bonds is 5. The monoisotopic (exact) mass is 461 g/mol. The average molecular weight is 461 g/mol. The van der Waals surface area contributed by atoms with E-state index in [1.807, 2.05) is 0 Å². The molecule has 30 heavy (non-hydrogen) atoms. The van der Waals surface area contributed by atoms with Crippen molar-refractivity contribution in [1.29, 1.82) is 0 Å². The van der Waals surface area contributed by atoms with Gasteiger partial charge in [-0.3, -0.25) is 0 Å². The van der Waals surface area contributed by atoms with Crippen molar-refractivity contribution in [2.45, 2.75) is 29.5 Å². The molecule has 1 aromatic heterocycles. The Morgan fingerprint density at radius 1 is 1.47 bits per heavy atom. The van der Waals surface area contributed by atoms with E-state index in [2.05, 4.69) is 4.98 Å². The fraction of sp³-hybridized carbons (Fsp3) is 0.412. The zero-order valence-electron chi connectivity index (χ0n) is 15.8. The molecule has 0 spiro atoms. The number of aliphatic hydroxyl groups is 1. The van der Waals surface area contributed by atoms with Crippen molar-refractivity contribution in [2.75, 3.05) is 19.5 Å². The normalized spacial score (nSPS) is 28.4. The van der Waals surface area contributed by atoms with Crippen LogP contribution in [0.2, 0.25) is 0 Å². The van der Waals surface area contributed by atoms with Gasteiger partial charge in [0.15, 0.2) is 0 Å². The summed E-state index contributed by atoms with van der Waals surface area (Å²) >= 11 is 0.988. The zero-order chi connectivity index (χ0) is 21.5. The Morgan fingerprint density at radius 2 is 2.27 bits per heavy atom. The van der Waals surface area contributed by atoms with E-state index in [-0.39, 0.29) is 19.0 Å². The van der Waals surface area contributed by atoms with Gasteiger partial charge in [0.25, 0.3) is 0 Å². The first kappa shape index (κ1) is 21.3. The number of para-hydroxylation sites is 1. The van der Waals surface area contributed by atoms with Gasteiger partial charge < -0.3 is 0 Å². The minimum absolute atomic E-state index is 0.0191. The number of anilines is 1. The molecule has 0 unspecified atom stereocenters. The van der Waals surface area contributed by atoms with Crippen molar-refractivity contribution in [3.63, 3.8) is 0 Å². The maximum atomic E-state index is 14.7. The summed E-state index contributed by atoms with van der Waals surface area (Å²) in [6, 6.07) is 6.57. The standard InChI is InChI=1S/C17H21FN3O7PS/c1-25-10-4-2-3-9-7-26-29(24,28-15(9)10)27-8-11-14(22)13(18)16(30-11)21-6-5-12(19)20-17(21)23/h2-6,11,13-14,16,22,24,29H,7-8H2,1H3,(H2,19,20,23)/t11-,13+,14-,16-/m1/s1. The number of nitrogen functional groups attached to an aromatic ring is 1. The number of nitrogens with zero attached hydrogens (tertiary/aromatic N) is 2. The molecule has 10 nitrogen and oxygen atoms in total. The third-order valence-electron chi connectivity index (χ3n) is 4.77. The van der Waals surface area contributed by atoms with Crippen LogP contribution in [0.1, 0.15) is 10.9 Å². The number of hydrogen-bond donors (Lipinski definition) is 3. The van der Waals surface area contributed by atoms with E-state index in [1.54, 1.807) is 18.2 Å². The van der Waals surface area contributed by atoms with E-state index in [4.69, 9.17) is 24.0 Å². The number of aliphatic hydroxyl groups excluding tert-OH is 1. The van der Waals surface area contributed by atoms with Crippen LogP contribution in [0.5, 0.6) is 11.5 Å². The van der Waals surface area contributed by atoms with E-state index in [9.17, 15) is 19.2 Å². The van der Waals surface area contributed by atoms with Crippen molar-refractivity contribution in [3.05, 3.63) is 46.5 Å². The molecule has 4 N–H and O–H groups in total. The van der Waals surface area contributed by atoms with Crippen LogP contribution in [-0.2, 0) is 15.7 Å². The number of nitrogens with two attached hydrogens (primary N) is 1. The van der Waals surface area contributed by atoms with Gasteiger partial charge in [-0.25, -0.2) is 0 Å². The van der Waals surface area contributed by atoms with Crippen LogP contribution in [0.15, 0.2) is 35.3 Å². The Balaban J connectivity index is 1.45. The molecule has 1 saturated heterocycles. The fourth-order valence-corrected chi connectivity index (χ4v) is 6.18. The number of ether oxygens (including phenoxy) is 1. The van der Waals surface area contributed by atoms with Crippen LogP contribution < -0.4 is 20.7 Å². The Bertz CT molecular complexity index is 984. The van der Waals surface area contributed by atoms with Crippen molar-refractivity contribution in [2.24, 2.45) is 0 Å². The number of fused-ring (bicyclic) bond motifs is 1. The van der Waals surface area contributed by atoms with E-state index in [0.29, 0.717) is 17.1 Å². The molecule has 0 saturated carbocycles. The number of benzene rings is 1. The van der Waals surface area contributed by atoms with Crippen molar-refractivity contribution < 1.29 is 32.7 Å². The Hall–Kier alpha value is -1.95. The van der Waals surface area contributed by atoms with E-state index < -0.39 is 36.8 Å². The molecular weight excluding hydrogens is 440 g/mol. The molecule has 0 aliphatic carbocycles. The summed E-state index contributed by atoms with van der Waals surface area (Å²) in [6.45, 7) is -0.205. The van der Waals surface area contributed by atoms with Gasteiger partial charge in [-0.2, -0.15) is 0 Å². The molecule has 0 bridgehead atoms. The van der Waals surface area contributed by atoms with Crippen molar-refractivity contribution in [1.82, 2.24) is 9.55 Å². The van der Waals surface area contributed by atoms with Gasteiger partial charge >= 0.3 is 175 Å². The summed E-state index contributed by atoms with van der Waals surface area (Å²) in [6.07, 6.45) is -1.87. The summed E-state index contributed by atoms with van der Waals surface area (Å²) in [5.41, 5.74) is 5.42. The van der Waals surface area contributed by atoms with Gasteiger partial charge in [-0.15, -0.1) is 0 Å². The number of thioether (sulfide) groups is 1. The van der Waals surface area contributed by atoms with Crippen molar-refractivity contribution >= 4 is 25.7 Å². The molecule has 2 aromatic rings. The number of alkyl halides is 1. The Kier molecular flexibility index (Phi) is 5.88. The molecule has 2 aliphatic rings. The summed E-state index contributed by atoms with van der Waals surface area (Å²) in [5.74, 6) is 0.756. The second kappa shape index (κ2) is 8.29. The second-order valence-electron chi connectivity index (χ2n) is 6.72. The number of hydrogen-bond acceptors (Lipinski definition) is 10. The molecule has 1 fully saturated rings. The average Bonchev–Trinajstić information content (AvgIpc) is 3.00. The third kappa shape index (κ3) is 3.98. The van der Waals surface area contributed by atoms with Gasteiger partial charge in [0, 0.05) is 0 Å². The van der Waals surface area contributed by atoms with Gasteiger partial charge in [-0.1, -0.05) is 0 Å². The Labute approximate surface area is 175 Å². The number of aromatic nitrogens is 2. The second-order valence-corrected chi connectivity index (χ2v) is 9.91. The Morgan fingerprint density at radius 3 is 3.00 bits per heavy atom. The molecule has 2 aliphatic heterocycles. The molecule has 13 heteroatoms. The van der Waals surface area contributed by atoms with Gasteiger partial charge in [0.1, 0.15) is 0 Å². The fourth-order valence-electron chi connectivity index (χ4n) is 3.22. The first-order valence-corrected chi connectivity index (χ1v) is 11.6. The predicted octanol–water partition coefficient (Wildman–Crippen LogP) is 1.18. The molecule has 0 radical (unpaired) electrons. The minimum atomic E-state index is -4.10. The number of methoxy groups -OCH3 is 1. The summed E-state index contributed by atoms with van der Waals surface area (Å²) < 4.78 is 37.4. The van der Waals surface area contributed by atoms with E-state index >= 15 is 0 Å². The van der Waals surface area contributed by atoms with Gasteiger partial charge in [-0.05, 0) is 0 Å². The van der Waals surface area contributed by atoms with Crippen LogP contribution >= 0.6 is 19.9 Å². The number of halogens is 1. The molecule has 1 aromatic carbocycles. The maximum absolute atomic E-state index is 14.7. The SMILES string of the molecule is COc1cccc2c1O[PH](O)(OC[C@H]1S[C@@H](n3ccc(N)nc3=O)[C@@H](F)[C@@H]1O)OC2. The summed E-state index contributed by atoms with van der Waals surface area (Å²) in [4.78, 5) is 26.3. The summed E-state index contributed by atoms with van der Waals surface area (Å²) in [5, 5.41) is 8.49. The molecular formula is C17H21FN3O7PS. The predicted molar refractivity (Wildman–Crippen MR) is 109 cm³/mol.